The lowest BCUT2D eigenvalue weighted by Crippen LogP contribution is -2.49. The molecule has 4 heteroatoms. The van der Waals surface area contributed by atoms with Gasteiger partial charge in [-0.3, -0.25) is 4.79 Å². The van der Waals surface area contributed by atoms with Gasteiger partial charge in [0, 0.05) is 26.3 Å². The fraction of sp³-hybridized carbons (Fsp3) is 0.562. The molecule has 0 unspecified atom stereocenters. The highest BCUT2D eigenvalue weighted by Gasteiger charge is 2.38. The standard InChI is InChI=1S/C16H24N2O2/c1-13-2-4-14(5-3-13)6-9-18-15(19)16(12-17)7-10-20-11-8-16/h2-5H,6-12,17H2,1H3,(H,18,19). The van der Waals surface area contributed by atoms with E-state index >= 15 is 0 Å². The zero-order valence-corrected chi connectivity index (χ0v) is 12.2. The molecule has 1 aliphatic rings. The Morgan fingerprint density at radius 1 is 1.30 bits per heavy atom. The molecule has 0 atom stereocenters. The van der Waals surface area contributed by atoms with Crippen LogP contribution >= 0.6 is 0 Å². The molecule has 3 N–H and O–H groups in total. The summed E-state index contributed by atoms with van der Waals surface area (Å²) in [5.41, 5.74) is 7.89. The van der Waals surface area contributed by atoms with E-state index in [-0.39, 0.29) is 5.91 Å². The molecule has 110 valence electrons. The number of carbonyl (C=O) groups excluding carboxylic acids is 1. The van der Waals surface area contributed by atoms with E-state index in [0.717, 1.165) is 19.3 Å². The Kier molecular flexibility index (Phi) is 5.15. The largest absolute Gasteiger partial charge is 0.381 e. The number of ether oxygens (including phenoxy) is 1. The minimum Gasteiger partial charge on any atom is -0.381 e. The number of carbonyl (C=O) groups is 1. The Balaban J connectivity index is 1.83. The van der Waals surface area contributed by atoms with Crippen molar-refractivity contribution < 1.29 is 9.53 Å². The molecule has 0 aromatic heterocycles. The molecule has 1 amide bonds. The maximum absolute atomic E-state index is 12.3. The highest BCUT2D eigenvalue weighted by atomic mass is 16.5. The molecule has 1 aromatic rings. The van der Waals surface area contributed by atoms with Gasteiger partial charge in [-0.2, -0.15) is 0 Å². The molecule has 0 bridgehead atoms. The molecular formula is C16H24N2O2. The van der Waals surface area contributed by atoms with Crippen LogP contribution in [0.25, 0.3) is 0 Å². The number of nitrogens with two attached hydrogens (primary N) is 1. The van der Waals surface area contributed by atoms with E-state index in [2.05, 4.69) is 36.5 Å². The number of hydrogen-bond donors (Lipinski definition) is 2. The van der Waals surface area contributed by atoms with Gasteiger partial charge < -0.3 is 15.8 Å². The first-order valence-electron chi connectivity index (χ1n) is 7.28. The number of aryl methyl sites for hydroxylation is 1. The zero-order valence-electron chi connectivity index (χ0n) is 12.2. The van der Waals surface area contributed by atoms with Gasteiger partial charge in [0.15, 0.2) is 0 Å². The van der Waals surface area contributed by atoms with Gasteiger partial charge >= 0.3 is 0 Å². The van der Waals surface area contributed by atoms with Gasteiger partial charge in [0.1, 0.15) is 0 Å². The highest BCUT2D eigenvalue weighted by Crippen LogP contribution is 2.29. The predicted molar refractivity (Wildman–Crippen MR) is 79.4 cm³/mol. The summed E-state index contributed by atoms with van der Waals surface area (Å²) in [5.74, 6) is 0.0791. The van der Waals surface area contributed by atoms with Crippen LogP contribution in [0.1, 0.15) is 24.0 Å². The van der Waals surface area contributed by atoms with Crippen LogP contribution in [0.3, 0.4) is 0 Å². The van der Waals surface area contributed by atoms with E-state index in [1.807, 2.05) is 0 Å². The zero-order chi connectivity index (χ0) is 14.4. The summed E-state index contributed by atoms with van der Waals surface area (Å²) < 4.78 is 5.33. The number of rotatable bonds is 5. The predicted octanol–water partition coefficient (Wildman–Crippen LogP) is 1.41. The van der Waals surface area contributed by atoms with E-state index in [1.165, 1.54) is 11.1 Å². The van der Waals surface area contributed by atoms with Crippen LogP contribution in [-0.4, -0.2) is 32.2 Å². The summed E-state index contributed by atoms with van der Waals surface area (Å²) in [5, 5.41) is 3.03. The van der Waals surface area contributed by atoms with Crippen molar-refractivity contribution in [1.82, 2.24) is 5.32 Å². The lowest BCUT2D eigenvalue weighted by Gasteiger charge is -2.34. The van der Waals surface area contributed by atoms with E-state index in [4.69, 9.17) is 10.5 Å². The van der Waals surface area contributed by atoms with E-state index in [9.17, 15) is 4.79 Å². The second-order valence-electron chi connectivity index (χ2n) is 5.59. The second kappa shape index (κ2) is 6.86. The molecule has 1 heterocycles. The molecule has 1 fully saturated rings. The van der Waals surface area contributed by atoms with Crippen molar-refractivity contribution in [3.8, 4) is 0 Å². The number of nitrogens with one attached hydrogen (secondary N) is 1. The maximum Gasteiger partial charge on any atom is 0.227 e. The lowest BCUT2D eigenvalue weighted by molar-refractivity contribution is -0.135. The molecule has 1 aromatic carbocycles. The minimum absolute atomic E-state index is 0.0791. The fourth-order valence-corrected chi connectivity index (χ4v) is 2.55. The molecule has 0 spiro atoms. The average Bonchev–Trinajstić information content (AvgIpc) is 2.50. The summed E-state index contributed by atoms with van der Waals surface area (Å²) in [6.45, 7) is 4.38. The number of benzene rings is 1. The smallest absolute Gasteiger partial charge is 0.227 e. The van der Waals surface area contributed by atoms with Gasteiger partial charge in [-0.15, -0.1) is 0 Å². The molecule has 0 aliphatic carbocycles. The summed E-state index contributed by atoms with van der Waals surface area (Å²) in [6.07, 6.45) is 2.29. The average molecular weight is 276 g/mol. The van der Waals surface area contributed by atoms with Crippen LogP contribution in [0.15, 0.2) is 24.3 Å². The van der Waals surface area contributed by atoms with Gasteiger partial charge in [0.2, 0.25) is 5.91 Å². The fourth-order valence-electron chi connectivity index (χ4n) is 2.55. The Morgan fingerprint density at radius 3 is 2.55 bits per heavy atom. The SMILES string of the molecule is Cc1ccc(CCNC(=O)C2(CN)CCOCC2)cc1. The number of amides is 1. The van der Waals surface area contributed by atoms with Crippen molar-refractivity contribution >= 4 is 5.91 Å². The molecule has 1 saturated heterocycles. The Hall–Kier alpha value is -1.39. The van der Waals surface area contributed by atoms with Gasteiger partial charge in [0.05, 0.1) is 5.41 Å². The van der Waals surface area contributed by atoms with Gasteiger partial charge in [-0.05, 0) is 31.7 Å². The first-order valence-corrected chi connectivity index (χ1v) is 7.28. The van der Waals surface area contributed by atoms with Crippen molar-refractivity contribution in [2.24, 2.45) is 11.1 Å². The Bertz CT molecular complexity index is 436. The quantitative estimate of drug-likeness (QED) is 0.854. The third-order valence-electron chi connectivity index (χ3n) is 4.14. The van der Waals surface area contributed by atoms with Gasteiger partial charge in [0.25, 0.3) is 0 Å². The van der Waals surface area contributed by atoms with E-state index < -0.39 is 5.41 Å². The van der Waals surface area contributed by atoms with Gasteiger partial charge in [-0.25, -0.2) is 0 Å². The van der Waals surface area contributed by atoms with Crippen LogP contribution in [0, 0.1) is 12.3 Å². The highest BCUT2D eigenvalue weighted by molar-refractivity contribution is 5.83. The molecule has 0 radical (unpaired) electrons. The van der Waals surface area contributed by atoms with Crippen molar-refractivity contribution in [2.75, 3.05) is 26.3 Å². The Morgan fingerprint density at radius 2 is 1.95 bits per heavy atom. The molecule has 20 heavy (non-hydrogen) atoms. The van der Waals surface area contributed by atoms with Crippen LogP contribution in [0.2, 0.25) is 0 Å². The molecule has 1 aliphatic heterocycles. The first kappa shape index (κ1) is 15.0. The topological polar surface area (TPSA) is 64.4 Å². The second-order valence-corrected chi connectivity index (χ2v) is 5.59. The van der Waals surface area contributed by atoms with Crippen molar-refractivity contribution in [3.05, 3.63) is 35.4 Å². The normalized spacial score (nSPS) is 17.7. The third kappa shape index (κ3) is 3.58. The van der Waals surface area contributed by atoms with E-state index in [0.29, 0.717) is 26.3 Å². The van der Waals surface area contributed by atoms with Gasteiger partial charge in [-0.1, -0.05) is 29.8 Å². The van der Waals surface area contributed by atoms with Crippen molar-refractivity contribution in [3.63, 3.8) is 0 Å². The van der Waals surface area contributed by atoms with Crippen molar-refractivity contribution in [2.45, 2.75) is 26.2 Å². The first-order chi connectivity index (χ1) is 9.66. The minimum atomic E-state index is -0.425. The van der Waals surface area contributed by atoms with Crippen LogP contribution in [0.5, 0.6) is 0 Å². The summed E-state index contributed by atoms with van der Waals surface area (Å²) in [4.78, 5) is 12.3. The summed E-state index contributed by atoms with van der Waals surface area (Å²) >= 11 is 0. The lowest BCUT2D eigenvalue weighted by atomic mass is 9.79. The van der Waals surface area contributed by atoms with Crippen LogP contribution in [-0.2, 0) is 16.0 Å². The van der Waals surface area contributed by atoms with Crippen molar-refractivity contribution in [1.29, 1.82) is 0 Å². The molecule has 4 nitrogen and oxygen atoms in total. The van der Waals surface area contributed by atoms with Crippen LogP contribution < -0.4 is 11.1 Å². The number of hydrogen-bond acceptors (Lipinski definition) is 3. The Labute approximate surface area is 120 Å². The summed E-state index contributed by atoms with van der Waals surface area (Å²) in [6, 6.07) is 8.40. The van der Waals surface area contributed by atoms with Crippen LogP contribution in [0.4, 0.5) is 0 Å². The molecular weight excluding hydrogens is 252 g/mol. The molecule has 2 rings (SSSR count). The monoisotopic (exact) mass is 276 g/mol. The third-order valence-corrected chi connectivity index (χ3v) is 4.14. The maximum atomic E-state index is 12.3. The van der Waals surface area contributed by atoms with E-state index in [1.54, 1.807) is 0 Å². The molecule has 0 saturated carbocycles. The summed E-state index contributed by atoms with van der Waals surface area (Å²) in [7, 11) is 0.